The second-order valence-electron chi connectivity index (χ2n) is 11.9. The fraction of sp³-hybridized carbons (Fsp3) is 0.452. The van der Waals surface area contributed by atoms with Crippen molar-refractivity contribution in [2.75, 3.05) is 57.5 Å². The number of hydrogen-bond donors (Lipinski definition) is 1. The third kappa shape index (κ3) is 5.02. The number of halogens is 2. The number of anilines is 1. The molecular weight excluding hydrogens is 605 g/mol. The Kier molecular flexibility index (Phi) is 7.18. The summed E-state index contributed by atoms with van der Waals surface area (Å²) in [5.74, 6) is -0.208. The number of hydrogen-bond acceptors (Lipinski definition) is 11. The second-order valence-corrected chi connectivity index (χ2v) is 12.3. The van der Waals surface area contributed by atoms with Crippen LogP contribution in [-0.2, 0) is 20.6 Å². The lowest BCUT2D eigenvalue weighted by Crippen LogP contribution is -2.43. The summed E-state index contributed by atoms with van der Waals surface area (Å²) in [5.41, 5.74) is 1.73. The summed E-state index contributed by atoms with van der Waals surface area (Å²) < 4.78 is 40.0. The molecule has 0 spiro atoms. The quantitative estimate of drug-likeness (QED) is 0.253. The van der Waals surface area contributed by atoms with Crippen LogP contribution in [0.2, 0.25) is 5.02 Å². The molecule has 8 heterocycles. The molecule has 0 saturated carbocycles. The standard InChI is InChI=1S/C31H31ClFN7O5/c32-22-12-23-20(14-35-38-23)24-19(22)4-1-10-43-30(41)45-18-15-39(9-11-42-16-18)28-21-13-34-27(24)25(33)26(21)36-29(37-28)44-17-31-5-2-7-40(31)8-3-6-31/h2,5,12-14,18H,1,3-4,6-11,15-17H2,(H,35,38). The maximum absolute atomic E-state index is 17.0. The molecule has 1 N–H and O–H groups in total. The minimum atomic E-state index is -0.785. The van der Waals surface area contributed by atoms with Crippen LogP contribution in [0.15, 0.2) is 30.6 Å². The zero-order valence-electron chi connectivity index (χ0n) is 24.4. The molecule has 0 radical (unpaired) electrons. The lowest BCUT2D eigenvalue weighted by Gasteiger charge is -2.31. The van der Waals surface area contributed by atoms with Crippen LogP contribution in [0.5, 0.6) is 6.01 Å². The Morgan fingerprint density at radius 1 is 1.18 bits per heavy atom. The molecule has 4 aromatic rings. The molecule has 2 fully saturated rings. The smallest absolute Gasteiger partial charge is 0.461 e. The predicted molar refractivity (Wildman–Crippen MR) is 163 cm³/mol. The summed E-state index contributed by atoms with van der Waals surface area (Å²) in [5, 5.41) is 8.58. The van der Waals surface area contributed by atoms with Gasteiger partial charge in [-0.2, -0.15) is 15.1 Å². The molecule has 3 aromatic heterocycles. The van der Waals surface area contributed by atoms with Crippen molar-refractivity contribution in [3.05, 3.63) is 47.0 Å². The van der Waals surface area contributed by atoms with Gasteiger partial charge in [0, 0.05) is 35.3 Å². The topological polar surface area (TPSA) is 128 Å². The number of H-pyrrole nitrogens is 1. The van der Waals surface area contributed by atoms with E-state index in [1.807, 2.05) is 4.90 Å². The number of carbonyl (C=O) groups is 1. The van der Waals surface area contributed by atoms with E-state index in [-0.39, 0.29) is 42.5 Å². The van der Waals surface area contributed by atoms with E-state index in [2.05, 4.69) is 37.2 Å². The van der Waals surface area contributed by atoms with Crippen molar-refractivity contribution in [1.29, 1.82) is 0 Å². The van der Waals surface area contributed by atoms with Crippen molar-refractivity contribution < 1.29 is 28.1 Å². The van der Waals surface area contributed by atoms with Crippen molar-refractivity contribution in [1.82, 2.24) is 30.0 Å². The molecule has 2 atom stereocenters. The molecule has 5 aliphatic rings. The minimum Gasteiger partial charge on any atom is -0.461 e. The zero-order chi connectivity index (χ0) is 30.5. The molecule has 234 valence electrons. The third-order valence-corrected chi connectivity index (χ3v) is 9.48. The highest BCUT2D eigenvalue weighted by atomic mass is 35.5. The van der Waals surface area contributed by atoms with Crippen molar-refractivity contribution in [3.8, 4) is 17.3 Å². The summed E-state index contributed by atoms with van der Waals surface area (Å²) in [4.78, 5) is 31.0. The highest BCUT2D eigenvalue weighted by Crippen LogP contribution is 2.40. The summed E-state index contributed by atoms with van der Waals surface area (Å²) in [6.45, 7) is 3.48. The normalized spacial score (nSPS) is 23.7. The average Bonchev–Trinajstić information content (AvgIpc) is 3.71. The molecule has 2 unspecified atom stereocenters. The molecule has 9 rings (SSSR count). The molecule has 0 aliphatic carbocycles. The van der Waals surface area contributed by atoms with Crippen LogP contribution in [0.3, 0.4) is 0 Å². The van der Waals surface area contributed by atoms with E-state index in [9.17, 15) is 4.79 Å². The Hall–Kier alpha value is -4.07. The van der Waals surface area contributed by atoms with Gasteiger partial charge in [0.1, 0.15) is 29.7 Å². The molecule has 45 heavy (non-hydrogen) atoms. The zero-order valence-corrected chi connectivity index (χ0v) is 25.2. The first-order chi connectivity index (χ1) is 22.0. The molecule has 5 aliphatic heterocycles. The van der Waals surface area contributed by atoms with Gasteiger partial charge in [-0.1, -0.05) is 23.8 Å². The summed E-state index contributed by atoms with van der Waals surface area (Å²) in [6, 6.07) is 1.81. The molecule has 6 bridgehead atoms. The maximum Gasteiger partial charge on any atom is 0.508 e. The largest absolute Gasteiger partial charge is 0.508 e. The second kappa shape index (κ2) is 11.4. The van der Waals surface area contributed by atoms with Crippen molar-refractivity contribution >= 4 is 45.4 Å². The number of rotatable bonds is 3. The number of carbonyl (C=O) groups excluding carboxylic acids is 1. The van der Waals surface area contributed by atoms with Gasteiger partial charge in [0.15, 0.2) is 5.82 Å². The summed E-state index contributed by atoms with van der Waals surface area (Å²) >= 11 is 6.76. The Morgan fingerprint density at radius 3 is 3.04 bits per heavy atom. The average molecular weight is 636 g/mol. The van der Waals surface area contributed by atoms with Gasteiger partial charge in [0.05, 0.1) is 49.0 Å². The Balaban J connectivity index is 1.31. The lowest BCUT2D eigenvalue weighted by atomic mass is 9.95. The van der Waals surface area contributed by atoms with Gasteiger partial charge in [-0.25, -0.2) is 9.18 Å². The number of nitrogens with one attached hydrogen (secondary N) is 1. The maximum atomic E-state index is 17.0. The highest BCUT2D eigenvalue weighted by Gasteiger charge is 2.42. The van der Waals surface area contributed by atoms with E-state index in [1.165, 1.54) is 0 Å². The molecule has 12 nitrogen and oxygen atoms in total. The van der Waals surface area contributed by atoms with Crippen LogP contribution in [0.1, 0.15) is 24.8 Å². The predicted octanol–water partition coefficient (Wildman–Crippen LogP) is 4.45. The number of aromatic amines is 1. The van der Waals surface area contributed by atoms with E-state index in [0.29, 0.717) is 70.9 Å². The van der Waals surface area contributed by atoms with Gasteiger partial charge < -0.3 is 23.8 Å². The number of benzene rings is 1. The van der Waals surface area contributed by atoms with Crippen LogP contribution >= 0.6 is 11.6 Å². The van der Waals surface area contributed by atoms with Gasteiger partial charge in [0.25, 0.3) is 0 Å². The number of nitrogens with zero attached hydrogens (tertiary/aromatic N) is 6. The van der Waals surface area contributed by atoms with Gasteiger partial charge in [-0.3, -0.25) is 15.0 Å². The fourth-order valence-corrected chi connectivity index (χ4v) is 7.25. The van der Waals surface area contributed by atoms with E-state index >= 15 is 4.39 Å². The van der Waals surface area contributed by atoms with Crippen LogP contribution < -0.4 is 9.64 Å². The van der Waals surface area contributed by atoms with E-state index in [0.717, 1.165) is 25.9 Å². The lowest BCUT2D eigenvalue weighted by molar-refractivity contribution is -0.00448. The number of aromatic nitrogens is 5. The van der Waals surface area contributed by atoms with Crippen molar-refractivity contribution in [2.45, 2.75) is 37.3 Å². The van der Waals surface area contributed by atoms with Crippen LogP contribution in [-0.4, -0.2) is 100 Å². The van der Waals surface area contributed by atoms with Gasteiger partial charge in [-0.15, -0.1) is 0 Å². The third-order valence-electron chi connectivity index (χ3n) is 9.14. The van der Waals surface area contributed by atoms with E-state index in [1.54, 1.807) is 18.5 Å². The first-order valence-electron chi connectivity index (χ1n) is 15.2. The van der Waals surface area contributed by atoms with Gasteiger partial charge in [0.2, 0.25) is 0 Å². The van der Waals surface area contributed by atoms with E-state index < -0.39 is 18.1 Å². The first kappa shape index (κ1) is 28.4. The molecule has 2 saturated heterocycles. The summed E-state index contributed by atoms with van der Waals surface area (Å²) in [6.07, 6.45) is 8.98. The number of pyridine rings is 1. The van der Waals surface area contributed by atoms with Crippen LogP contribution in [0, 0.1) is 5.82 Å². The van der Waals surface area contributed by atoms with Gasteiger partial charge >= 0.3 is 12.2 Å². The van der Waals surface area contributed by atoms with Crippen molar-refractivity contribution in [3.63, 3.8) is 0 Å². The van der Waals surface area contributed by atoms with Crippen LogP contribution in [0.4, 0.5) is 15.0 Å². The number of ether oxygens (including phenoxy) is 4. The van der Waals surface area contributed by atoms with E-state index in [4.69, 9.17) is 35.5 Å². The molecule has 14 heteroatoms. The van der Waals surface area contributed by atoms with Gasteiger partial charge in [-0.05, 0) is 43.9 Å². The van der Waals surface area contributed by atoms with Crippen molar-refractivity contribution in [2.24, 2.45) is 0 Å². The molecule has 1 aromatic carbocycles. The minimum absolute atomic E-state index is 0.0537. The number of fused-ring (bicyclic) bond motifs is 8. The fourth-order valence-electron chi connectivity index (χ4n) is 6.95. The highest BCUT2D eigenvalue weighted by molar-refractivity contribution is 6.33. The monoisotopic (exact) mass is 635 g/mol. The SMILES string of the molecule is O=C1OCCCc2c(Cl)cc3[nH]ncc3c2-c2ncc3c(nc(OCC45C=CCN4CCC5)nc3c2F)N2CCOCC(C2)O1. The Labute approximate surface area is 262 Å². The molecular formula is C31H31ClFN7O5. The first-order valence-corrected chi connectivity index (χ1v) is 15.6. The Bertz CT molecular complexity index is 1840. The summed E-state index contributed by atoms with van der Waals surface area (Å²) in [7, 11) is 0. The molecule has 0 amide bonds. The Morgan fingerprint density at radius 2 is 2.11 bits per heavy atom. The van der Waals surface area contributed by atoms with Crippen LogP contribution in [0.25, 0.3) is 33.1 Å².